The molecule has 0 atom stereocenters. The molecule has 3 rings (SSSR count). The van der Waals surface area contributed by atoms with E-state index < -0.39 is 5.97 Å². The first-order valence-corrected chi connectivity index (χ1v) is 9.28. The summed E-state index contributed by atoms with van der Waals surface area (Å²) in [4.78, 5) is 11.0. The lowest BCUT2D eigenvalue weighted by molar-refractivity contribution is 0.0697. The predicted octanol–water partition coefficient (Wildman–Crippen LogP) is 5.79. The molecule has 0 spiro atoms. The first-order chi connectivity index (χ1) is 13.6. The van der Waals surface area contributed by atoms with Crippen LogP contribution in [-0.4, -0.2) is 11.1 Å². The number of hydrogen-bond donors (Lipinski definition) is 1. The SMILES string of the molecule is N#C/C(=C/c1ccc(OCc2ccccc2)c(Br)c1)c1ccc(C(=O)O)cc1. The predicted molar refractivity (Wildman–Crippen MR) is 112 cm³/mol. The van der Waals surface area contributed by atoms with Crippen LogP contribution < -0.4 is 4.74 Å². The number of carboxylic acids is 1. The van der Waals surface area contributed by atoms with Gasteiger partial charge in [0.25, 0.3) is 0 Å². The third kappa shape index (κ3) is 4.87. The highest BCUT2D eigenvalue weighted by Crippen LogP contribution is 2.28. The van der Waals surface area contributed by atoms with Crippen LogP contribution >= 0.6 is 15.9 Å². The van der Waals surface area contributed by atoms with Crippen molar-refractivity contribution in [1.29, 1.82) is 5.26 Å². The monoisotopic (exact) mass is 433 g/mol. The Morgan fingerprint density at radius 2 is 1.71 bits per heavy atom. The van der Waals surface area contributed by atoms with Gasteiger partial charge in [-0.05, 0) is 63.0 Å². The average molecular weight is 434 g/mol. The van der Waals surface area contributed by atoms with Gasteiger partial charge in [0.1, 0.15) is 12.4 Å². The number of rotatable bonds is 6. The summed E-state index contributed by atoms with van der Waals surface area (Å²) in [5.74, 6) is -0.283. The van der Waals surface area contributed by atoms with Gasteiger partial charge in [0.2, 0.25) is 0 Å². The lowest BCUT2D eigenvalue weighted by Gasteiger charge is -2.09. The van der Waals surface area contributed by atoms with Crippen LogP contribution in [0.3, 0.4) is 0 Å². The second-order valence-electron chi connectivity index (χ2n) is 6.02. The molecule has 0 bridgehead atoms. The molecule has 5 heteroatoms. The maximum absolute atomic E-state index is 11.0. The van der Waals surface area contributed by atoms with Crippen LogP contribution in [0.4, 0.5) is 0 Å². The second-order valence-corrected chi connectivity index (χ2v) is 6.87. The van der Waals surface area contributed by atoms with E-state index in [1.807, 2.05) is 48.5 Å². The maximum Gasteiger partial charge on any atom is 0.335 e. The fraction of sp³-hybridized carbons (Fsp3) is 0.0435. The Labute approximate surface area is 171 Å². The molecular weight excluding hydrogens is 418 g/mol. The molecule has 0 aromatic heterocycles. The van der Waals surface area contributed by atoms with E-state index >= 15 is 0 Å². The van der Waals surface area contributed by atoms with Crippen molar-refractivity contribution >= 4 is 33.5 Å². The zero-order valence-corrected chi connectivity index (χ0v) is 16.4. The standard InChI is InChI=1S/C23H16BrNO3/c24-21-13-17(6-11-22(21)28-15-16-4-2-1-3-5-16)12-20(14-25)18-7-9-19(10-8-18)23(26)27/h1-13H,15H2,(H,26,27)/b20-12-. The number of halogens is 1. The van der Waals surface area contributed by atoms with Gasteiger partial charge >= 0.3 is 5.97 Å². The van der Waals surface area contributed by atoms with Crippen molar-refractivity contribution in [3.63, 3.8) is 0 Å². The topological polar surface area (TPSA) is 70.3 Å². The van der Waals surface area contributed by atoms with Gasteiger partial charge in [-0.2, -0.15) is 5.26 Å². The van der Waals surface area contributed by atoms with Gasteiger partial charge in [-0.15, -0.1) is 0 Å². The Morgan fingerprint density at radius 3 is 2.32 bits per heavy atom. The van der Waals surface area contributed by atoms with E-state index in [1.54, 1.807) is 18.2 Å². The fourth-order valence-corrected chi connectivity index (χ4v) is 3.11. The van der Waals surface area contributed by atoms with E-state index in [0.29, 0.717) is 23.5 Å². The third-order valence-corrected chi connectivity index (χ3v) is 4.69. The molecule has 0 unspecified atom stereocenters. The molecule has 0 saturated carbocycles. The van der Waals surface area contributed by atoms with Crippen molar-refractivity contribution in [2.45, 2.75) is 6.61 Å². The summed E-state index contributed by atoms with van der Waals surface area (Å²) in [6.07, 6.45) is 1.75. The first-order valence-electron chi connectivity index (χ1n) is 8.48. The van der Waals surface area contributed by atoms with Crippen molar-refractivity contribution < 1.29 is 14.6 Å². The minimum absolute atomic E-state index is 0.184. The number of benzene rings is 3. The molecule has 0 saturated heterocycles. The van der Waals surface area contributed by atoms with E-state index in [9.17, 15) is 10.1 Å². The maximum atomic E-state index is 11.0. The van der Waals surface area contributed by atoms with Gasteiger partial charge in [-0.25, -0.2) is 4.79 Å². The number of ether oxygens (including phenoxy) is 1. The molecule has 138 valence electrons. The Balaban J connectivity index is 1.78. The molecule has 0 aliphatic heterocycles. The van der Waals surface area contributed by atoms with E-state index in [2.05, 4.69) is 22.0 Å². The van der Waals surface area contributed by atoms with Crippen LogP contribution in [0.2, 0.25) is 0 Å². The first kappa shape index (κ1) is 19.4. The summed E-state index contributed by atoms with van der Waals surface area (Å²) in [5.41, 5.74) is 3.20. The van der Waals surface area contributed by atoms with Crippen LogP contribution in [0.25, 0.3) is 11.6 Å². The number of aromatic carboxylic acids is 1. The van der Waals surface area contributed by atoms with Crippen molar-refractivity contribution in [3.8, 4) is 11.8 Å². The Morgan fingerprint density at radius 1 is 1.04 bits per heavy atom. The van der Waals surface area contributed by atoms with Crippen LogP contribution in [-0.2, 0) is 6.61 Å². The van der Waals surface area contributed by atoms with Gasteiger partial charge in [0, 0.05) is 0 Å². The number of allylic oxidation sites excluding steroid dienone is 1. The lowest BCUT2D eigenvalue weighted by Crippen LogP contribution is -1.96. The van der Waals surface area contributed by atoms with Crippen LogP contribution in [0.5, 0.6) is 5.75 Å². The second kappa shape index (κ2) is 9.03. The summed E-state index contributed by atoms with van der Waals surface area (Å²) in [6.45, 7) is 0.466. The summed E-state index contributed by atoms with van der Waals surface area (Å²) >= 11 is 3.51. The average Bonchev–Trinajstić information content (AvgIpc) is 2.72. The Bertz CT molecular complexity index is 1050. The van der Waals surface area contributed by atoms with Crippen LogP contribution in [0.1, 0.15) is 27.0 Å². The highest BCUT2D eigenvalue weighted by Gasteiger charge is 2.07. The molecule has 3 aromatic rings. The molecule has 0 heterocycles. The number of nitriles is 1. The van der Waals surface area contributed by atoms with Crippen LogP contribution in [0.15, 0.2) is 77.3 Å². The quantitative estimate of drug-likeness (QED) is 0.394. The summed E-state index contributed by atoms with van der Waals surface area (Å²) in [7, 11) is 0. The summed E-state index contributed by atoms with van der Waals surface area (Å²) < 4.78 is 6.63. The largest absolute Gasteiger partial charge is 0.488 e. The van der Waals surface area contributed by atoms with E-state index in [0.717, 1.165) is 15.6 Å². The van der Waals surface area contributed by atoms with Crippen LogP contribution in [0, 0.1) is 11.3 Å². The molecule has 0 aliphatic carbocycles. The van der Waals surface area contributed by atoms with Gasteiger partial charge in [-0.3, -0.25) is 0 Å². The zero-order chi connectivity index (χ0) is 19.9. The molecule has 0 fully saturated rings. The zero-order valence-electron chi connectivity index (χ0n) is 14.8. The van der Waals surface area contributed by atoms with Crippen molar-refractivity contribution in [2.24, 2.45) is 0 Å². The number of hydrogen-bond acceptors (Lipinski definition) is 3. The molecule has 28 heavy (non-hydrogen) atoms. The van der Waals surface area contributed by atoms with Gasteiger partial charge in [0.05, 0.1) is 21.7 Å². The number of carboxylic acid groups (broad SMARTS) is 1. The minimum atomic E-state index is -0.996. The van der Waals surface area contributed by atoms with E-state index in [4.69, 9.17) is 9.84 Å². The molecule has 4 nitrogen and oxygen atoms in total. The van der Waals surface area contributed by atoms with E-state index in [1.165, 1.54) is 12.1 Å². The lowest BCUT2D eigenvalue weighted by atomic mass is 10.0. The summed E-state index contributed by atoms with van der Waals surface area (Å²) in [6, 6.07) is 23.9. The fourth-order valence-electron chi connectivity index (χ4n) is 2.60. The number of carbonyl (C=O) groups is 1. The highest BCUT2D eigenvalue weighted by atomic mass is 79.9. The van der Waals surface area contributed by atoms with Crippen molar-refractivity contribution in [1.82, 2.24) is 0 Å². The van der Waals surface area contributed by atoms with Crippen molar-refractivity contribution in [3.05, 3.63) is 99.5 Å². The Hall–Kier alpha value is -3.36. The molecule has 0 aliphatic rings. The molecule has 0 radical (unpaired) electrons. The molecular formula is C23H16BrNO3. The number of nitrogens with zero attached hydrogens (tertiary/aromatic N) is 1. The molecule has 1 N–H and O–H groups in total. The van der Waals surface area contributed by atoms with Gasteiger partial charge in [-0.1, -0.05) is 48.5 Å². The van der Waals surface area contributed by atoms with Crippen molar-refractivity contribution in [2.75, 3.05) is 0 Å². The third-order valence-electron chi connectivity index (χ3n) is 4.07. The highest BCUT2D eigenvalue weighted by molar-refractivity contribution is 9.10. The summed E-state index contributed by atoms with van der Waals surface area (Å²) in [5, 5.41) is 18.5. The van der Waals surface area contributed by atoms with Gasteiger partial charge < -0.3 is 9.84 Å². The normalized spacial score (nSPS) is 10.9. The Kier molecular flexibility index (Phi) is 6.25. The smallest absolute Gasteiger partial charge is 0.335 e. The van der Waals surface area contributed by atoms with E-state index in [-0.39, 0.29) is 5.56 Å². The molecule has 0 amide bonds. The minimum Gasteiger partial charge on any atom is -0.488 e. The van der Waals surface area contributed by atoms with Gasteiger partial charge in [0.15, 0.2) is 0 Å². The molecule has 3 aromatic carbocycles.